The number of aliphatic hydroxyl groups is 1. The Hall–Kier alpha value is -0.930. The predicted molar refractivity (Wildman–Crippen MR) is 64.0 cm³/mol. The van der Waals surface area contributed by atoms with Crippen molar-refractivity contribution < 1.29 is 9.50 Å². The van der Waals surface area contributed by atoms with Crippen LogP contribution in [0.15, 0.2) is 18.2 Å². The zero-order chi connectivity index (χ0) is 12.1. The number of benzene rings is 1. The minimum atomic E-state index is -0.424. The van der Waals surface area contributed by atoms with Crippen LogP contribution in [0.4, 0.5) is 4.39 Å². The van der Waals surface area contributed by atoms with E-state index < -0.39 is 6.10 Å². The third-order valence-corrected chi connectivity index (χ3v) is 2.52. The van der Waals surface area contributed by atoms with Crippen molar-refractivity contribution in [1.29, 1.82) is 0 Å². The van der Waals surface area contributed by atoms with Crippen LogP contribution in [0.3, 0.4) is 0 Å². The average Bonchev–Trinajstić information content (AvgIpc) is 2.19. The summed E-state index contributed by atoms with van der Waals surface area (Å²) in [5.41, 5.74) is 1.89. The second-order valence-corrected chi connectivity index (χ2v) is 4.49. The number of rotatable bonds is 5. The van der Waals surface area contributed by atoms with Crippen molar-refractivity contribution in [1.82, 2.24) is 5.32 Å². The molecular weight excluding hydrogens is 205 g/mol. The lowest BCUT2D eigenvalue weighted by Gasteiger charge is -2.15. The first kappa shape index (κ1) is 13.1. The molecule has 1 atom stereocenters. The molecule has 0 fully saturated rings. The molecule has 0 saturated heterocycles. The summed E-state index contributed by atoms with van der Waals surface area (Å²) in [6.07, 6.45) is 0.137. The molecule has 0 amide bonds. The molecule has 0 aliphatic rings. The summed E-state index contributed by atoms with van der Waals surface area (Å²) in [6.45, 7) is 6.50. The lowest BCUT2D eigenvalue weighted by atomic mass is 10.0. The van der Waals surface area contributed by atoms with Crippen molar-refractivity contribution in [3.63, 3.8) is 0 Å². The number of hydrogen-bond donors (Lipinski definition) is 2. The molecule has 0 aliphatic heterocycles. The van der Waals surface area contributed by atoms with Gasteiger partial charge in [0.15, 0.2) is 0 Å². The summed E-state index contributed by atoms with van der Waals surface area (Å²) >= 11 is 0. The number of hydrogen-bond acceptors (Lipinski definition) is 2. The summed E-state index contributed by atoms with van der Waals surface area (Å²) in [5.74, 6) is -0.226. The highest BCUT2D eigenvalue weighted by Crippen LogP contribution is 2.12. The standard InChI is InChI=1S/C13H20FNO/c1-9(2)15-8-13(16)7-11-4-5-12(14)6-10(11)3/h4-6,9,13,15-16H,7-8H2,1-3H3. The molecule has 1 aromatic carbocycles. The smallest absolute Gasteiger partial charge is 0.123 e. The monoisotopic (exact) mass is 225 g/mol. The van der Waals surface area contributed by atoms with E-state index in [9.17, 15) is 9.50 Å². The van der Waals surface area contributed by atoms with E-state index in [1.165, 1.54) is 12.1 Å². The SMILES string of the molecule is Cc1cc(F)ccc1CC(O)CNC(C)C. The average molecular weight is 225 g/mol. The summed E-state index contributed by atoms with van der Waals surface area (Å²) in [5, 5.41) is 13.0. The van der Waals surface area contributed by atoms with Crippen molar-refractivity contribution in [3.05, 3.63) is 35.1 Å². The fraction of sp³-hybridized carbons (Fsp3) is 0.538. The van der Waals surface area contributed by atoms with Crippen LogP contribution in [0, 0.1) is 12.7 Å². The molecule has 0 radical (unpaired) electrons. The Morgan fingerprint density at radius 3 is 2.62 bits per heavy atom. The largest absolute Gasteiger partial charge is 0.391 e. The van der Waals surface area contributed by atoms with Crippen LogP contribution in [0.25, 0.3) is 0 Å². The predicted octanol–water partition coefficient (Wildman–Crippen LogP) is 2.04. The van der Waals surface area contributed by atoms with Crippen LogP contribution in [-0.4, -0.2) is 23.8 Å². The molecule has 0 saturated carbocycles. The molecule has 0 aromatic heterocycles. The number of halogens is 1. The normalized spacial score (nSPS) is 13.1. The van der Waals surface area contributed by atoms with Crippen LogP contribution in [-0.2, 0) is 6.42 Å². The Kier molecular flexibility index (Phi) is 4.90. The molecule has 1 unspecified atom stereocenters. The van der Waals surface area contributed by atoms with E-state index in [1.54, 1.807) is 6.07 Å². The number of aliphatic hydroxyl groups excluding tert-OH is 1. The first-order valence-electron chi connectivity index (χ1n) is 5.65. The van der Waals surface area contributed by atoms with E-state index in [0.29, 0.717) is 19.0 Å². The Balaban J connectivity index is 2.52. The summed E-state index contributed by atoms with van der Waals surface area (Å²) < 4.78 is 12.9. The van der Waals surface area contributed by atoms with Gasteiger partial charge in [-0.05, 0) is 36.6 Å². The molecule has 90 valence electrons. The van der Waals surface area contributed by atoms with Gasteiger partial charge in [-0.1, -0.05) is 19.9 Å². The fourth-order valence-electron chi connectivity index (χ4n) is 1.59. The molecule has 0 aliphatic carbocycles. The van der Waals surface area contributed by atoms with Gasteiger partial charge < -0.3 is 10.4 Å². The van der Waals surface area contributed by atoms with Gasteiger partial charge in [-0.3, -0.25) is 0 Å². The lowest BCUT2D eigenvalue weighted by Crippen LogP contribution is -2.33. The van der Waals surface area contributed by atoms with Gasteiger partial charge in [0, 0.05) is 12.6 Å². The lowest BCUT2D eigenvalue weighted by molar-refractivity contribution is 0.168. The van der Waals surface area contributed by atoms with Gasteiger partial charge in [-0.15, -0.1) is 0 Å². The maximum Gasteiger partial charge on any atom is 0.123 e. The second kappa shape index (κ2) is 5.97. The topological polar surface area (TPSA) is 32.3 Å². The highest BCUT2D eigenvalue weighted by molar-refractivity contribution is 5.27. The third-order valence-electron chi connectivity index (χ3n) is 2.52. The van der Waals surface area contributed by atoms with Gasteiger partial charge in [-0.25, -0.2) is 4.39 Å². The highest BCUT2D eigenvalue weighted by atomic mass is 19.1. The van der Waals surface area contributed by atoms with Gasteiger partial charge in [0.2, 0.25) is 0 Å². The summed E-state index contributed by atoms with van der Waals surface area (Å²) in [7, 11) is 0. The Morgan fingerprint density at radius 1 is 1.38 bits per heavy atom. The molecule has 0 bridgehead atoms. The molecular formula is C13H20FNO. The maximum absolute atomic E-state index is 12.9. The van der Waals surface area contributed by atoms with E-state index in [1.807, 2.05) is 20.8 Å². The van der Waals surface area contributed by atoms with Gasteiger partial charge in [0.25, 0.3) is 0 Å². The molecule has 16 heavy (non-hydrogen) atoms. The molecule has 2 N–H and O–H groups in total. The van der Waals surface area contributed by atoms with Crippen LogP contribution in [0.1, 0.15) is 25.0 Å². The van der Waals surface area contributed by atoms with Crippen molar-refractivity contribution in [2.24, 2.45) is 0 Å². The molecule has 0 spiro atoms. The van der Waals surface area contributed by atoms with Gasteiger partial charge in [0.05, 0.1) is 6.10 Å². The van der Waals surface area contributed by atoms with Crippen LogP contribution >= 0.6 is 0 Å². The van der Waals surface area contributed by atoms with Gasteiger partial charge >= 0.3 is 0 Å². The first-order valence-corrected chi connectivity index (χ1v) is 5.65. The van der Waals surface area contributed by atoms with E-state index in [-0.39, 0.29) is 5.82 Å². The number of nitrogens with one attached hydrogen (secondary N) is 1. The summed E-state index contributed by atoms with van der Waals surface area (Å²) in [6, 6.07) is 5.04. The molecule has 1 rings (SSSR count). The Bertz CT molecular complexity index is 339. The Morgan fingerprint density at radius 2 is 2.06 bits per heavy atom. The molecule has 1 aromatic rings. The maximum atomic E-state index is 12.9. The second-order valence-electron chi connectivity index (χ2n) is 4.49. The van der Waals surface area contributed by atoms with Crippen LogP contribution in [0.2, 0.25) is 0 Å². The number of aryl methyl sites for hydroxylation is 1. The van der Waals surface area contributed by atoms with Crippen molar-refractivity contribution in [2.45, 2.75) is 39.3 Å². The van der Waals surface area contributed by atoms with Crippen LogP contribution in [0.5, 0.6) is 0 Å². The zero-order valence-corrected chi connectivity index (χ0v) is 10.1. The van der Waals surface area contributed by atoms with Gasteiger partial charge in [0.1, 0.15) is 5.82 Å². The van der Waals surface area contributed by atoms with E-state index in [0.717, 1.165) is 11.1 Å². The minimum absolute atomic E-state index is 0.226. The Labute approximate surface area is 96.5 Å². The minimum Gasteiger partial charge on any atom is -0.391 e. The fourth-order valence-corrected chi connectivity index (χ4v) is 1.59. The van der Waals surface area contributed by atoms with E-state index >= 15 is 0 Å². The molecule has 3 heteroatoms. The zero-order valence-electron chi connectivity index (χ0n) is 10.1. The highest BCUT2D eigenvalue weighted by Gasteiger charge is 2.08. The van der Waals surface area contributed by atoms with E-state index in [2.05, 4.69) is 5.32 Å². The van der Waals surface area contributed by atoms with Crippen molar-refractivity contribution in [3.8, 4) is 0 Å². The van der Waals surface area contributed by atoms with Crippen molar-refractivity contribution in [2.75, 3.05) is 6.54 Å². The van der Waals surface area contributed by atoms with Crippen molar-refractivity contribution >= 4 is 0 Å². The molecule has 0 heterocycles. The van der Waals surface area contributed by atoms with Gasteiger partial charge in [-0.2, -0.15) is 0 Å². The summed E-state index contributed by atoms with van der Waals surface area (Å²) in [4.78, 5) is 0. The third kappa shape index (κ3) is 4.29. The van der Waals surface area contributed by atoms with Crippen LogP contribution < -0.4 is 5.32 Å². The van der Waals surface area contributed by atoms with E-state index in [4.69, 9.17) is 0 Å². The molecule has 2 nitrogen and oxygen atoms in total. The quantitative estimate of drug-likeness (QED) is 0.803. The first-order chi connectivity index (χ1) is 7.49.